The zero-order valence-electron chi connectivity index (χ0n) is 12.0. The summed E-state index contributed by atoms with van der Waals surface area (Å²) < 4.78 is 0. The van der Waals surface area contributed by atoms with Crippen LogP contribution in [0, 0.1) is 0 Å². The summed E-state index contributed by atoms with van der Waals surface area (Å²) in [6.07, 6.45) is 5.33. The second-order valence-electron chi connectivity index (χ2n) is 4.84. The summed E-state index contributed by atoms with van der Waals surface area (Å²) in [6, 6.07) is 6.79. The predicted octanol–water partition coefficient (Wildman–Crippen LogP) is 2.33. The van der Waals surface area contributed by atoms with E-state index in [2.05, 4.69) is 48.2 Å². The van der Waals surface area contributed by atoms with Gasteiger partial charge in [0, 0.05) is 44.0 Å². The fourth-order valence-electron chi connectivity index (χ4n) is 2.00. The zero-order valence-corrected chi connectivity index (χ0v) is 12.0. The van der Waals surface area contributed by atoms with Gasteiger partial charge in [-0.25, -0.2) is 0 Å². The largest absolute Gasteiger partial charge is 0.313 e. The lowest BCUT2D eigenvalue weighted by molar-refractivity contribution is 0.323. The van der Waals surface area contributed by atoms with Crippen LogP contribution >= 0.6 is 0 Å². The standard InChI is InChI=1S/C15H27N3/c1-4-14(5-2)17-11-13-18(3)12-9-15-8-6-7-10-16-15/h6-8,10,14,17H,4-5,9,11-13H2,1-3H3. The van der Waals surface area contributed by atoms with Crippen molar-refractivity contribution >= 4 is 0 Å². The van der Waals surface area contributed by atoms with Crippen LogP contribution < -0.4 is 5.32 Å². The predicted molar refractivity (Wildman–Crippen MR) is 77.8 cm³/mol. The van der Waals surface area contributed by atoms with Gasteiger partial charge >= 0.3 is 0 Å². The highest BCUT2D eigenvalue weighted by molar-refractivity contribution is 5.03. The second-order valence-corrected chi connectivity index (χ2v) is 4.84. The van der Waals surface area contributed by atoms with Gasteiger partial charge < -0.3 is 10.2 Å². The summed E-state index contributed by atoms with van der Waals surface area (Å²) >= 11 is 0. The minimum atomic E-state index is 0.675. The number of hydrogen-bond donors (Lipinski definition) is 1. The summed E-state index contributed by atoms with van der Waals surface area (Å²) in [6.45, 7) is 7.73. The Morgan fingerprint density at radius 1 is 1.22 bits per heavy atom. The monoisotopic (exact) mass is 249 g/mol. The quantitative estimate of drug-likeness (QED) is 0.728. The molecule has 0 aliphatic carbocycles. The van der Waals surface area contributed by atoms with Crippen LogP contribution in [0.2, 0.25) is 0 Å². The summed E-state index contributed by atoms with van der Waals surface area (Å²) in [7, 11) is 2.18. The molecular weight excluding hydrogens is 222 g/mol. The molecule has 0 aliphatic heterocycles. The summed E-state index contributed by atoms with van der Waals surface area (Å²) in [5.74, 6) is 0. The lowest BCUT2D eigenvalue weighted by Gasteiger charge is -2.19. The van der Waals surface area contributed by atoms with E-state index in [1.165, 1.54) is 18.5 Å². The first-order valence-corrected chi connectivity index (χ1v) is 7.08. The number of nitrogens with one attached hydrogen (secondary N) is 1. The molecule has 0 radical (unpaired) electrons. The molecular formula is C15H27N3. The van der Waals surface area contributed by atoms with E-state index in [9.17, 15) is 0 Å². The number of likely N-dealkylation sites (N-methyl/N-ethyl adjacent to an activating group) is 1. The summed E-state index contributed by atoms with van der Waals surface area (Å²) in [4.78, 5) is 6.71. The van der Waals surface area contributed by atoms with Gasteiger partial charge in [-0.1, -0.05) is 19.9 Å². The lowest BCUT2D eigenvalue weighted by atomic mass is 10.2. The van der Waals surface area contributed by atoms with Crippen molar-refractivity contribution in [3.05, 3.63) is 30.1 Å². The molecule has 102 valence electrons. The Morgan fingerprint density at radius 2 is 2.00 bits per heavy atom. The van der Waals surface area contributed by atoms with Crippen molar-refractivity contribution in [1.29, 1.82) is 0 Å². The van der Waals surface area contributed by atoms with Gasteiger partial charge in [-0.05, 0) is 32.0 Å². The Hall–Kier alpha value is -0.930. The van der Waals surface area contributed by atoms with E-state index in [1.807, 2.05) is 12.3 Å². The highest BCUT2D eigenvalue weighted by atomic mass is 15.1. The van der Waals surface area contributed by atoms with Gasteiger partial charge in [-0.2, -0.15) is 0 Å². The van der Waals surface area contributed by atoms with E-state index >= 15 is 0 Å². The number of nitrogens with zero attached hydrogens (tertiary/aromatic N) is 2. The van der Waals surface area contributed by atoms with Crippen LogP contribution in [0.3, 0.4) is 0 Å². The Morgan fingerprint density at radius 3 is 2.61 bits per heavy atom. The van der Waals surface area contributed by atoms with E-state index in [0.717, 1.165) is 26.1 Å². The highest BCUT2D eigenvalue weighted by Crippen LogP contribution is 1.97. The number of aromatic nitrogens is 1. The maximum atomic E-state index is 4.34. The fraction of sp³-hybridized carbons (Fsp3) is 0.667. The van der Waals surface area contributed by atoms with Crippen LogP contribution in [-0.2, 0) is 6.42 Å². The Labute approximate surface area is 112 Å². The minimum absolute atomic E-state index is 0.675. The van der Waals surface area contributed by atoms with Crippen LogP contribution in [0.1, 0.15) is 32.4 Å². The van der Waals surface area contributed by atoms with Crippen molar-refractivity contribution < 1.29 is 0 Å². The molecule has 0 aliphatic rings. The van der Waals surface area contributed by atoms with Crippen LogP contribution in [-0.4, -0.2) is 42.6 Å². The smallest absolute Gasteiger partial charge is 0.0416 e. The zero-order chi connectivity index (χ0) is 13.2. The molecule has 0 spiro atoms. The molecule has 0 unspecified atom stereocenters. The summed E-state index contributed by atoms with van der Waals surface area (Å²) in [5, 5.41) is 3.59. The molecule has 0 fully saturated rings. The minimum Gasteiger partial charge on any atom is -0.313 e. The van der Waals surface area contributed by atoms with E-state index in [1.54, 1.807) is 0 Å². The number of rotatable bonds is 9. The molecule has 1 aromatic heterocycles. The van der Waals surface area contributed by atoms with E-state index in [-0.39, 0.29) is 0 Å². The molecule has 1 heterocycles. The third kappa shape index (κ3) is 6.12. The molecule has 0 amide bonds. The molecule has 1 N–H and O–H groups in total. The Balaban J connectivity index is 2.12. The average molecular weight is 249 g/mol. The molecule has 0 bridgehead atoms. The van der Waals surface area contributed by atoms with Crippen molar-refractivity contribution in [2.45, 2.75) is 39.2 Å². The molecule has 0 saturated carbocycles. The van der Waals surface area contributed by atoms with Crippen molar-refractivity contribution in [3.8, 4) is 0 Å². The first kappa shape index (κ1) is 15.1. The summed E-state index contributed by atoms with van der Waals surface area (Å²) in [5.41, 5.74) is 1.18. The van der Waals surface area contributed by atoms with E-state index in [4.69, 9.17) is 0 Å². The maximum absolute atomic E-state index is 4.34. The topological polar surface area (TPSA) is 28.2 Å². The Kier molecular flexibility index (Phi) is 7.62. The second kappa shape index (κ2) is 9.06. The maximum Gasteiger partial charge on any atom is 0.0416 e. The molecule has 0 saturated heterocycles. The average Bonchev–Trinajstić information content (AvgIpc) is 2.42. The molecule has 1 aromatic rings. The molecule has 3 nitrogen and oxygen atoms in total. The number of hydrogen-bond acceptors (Lipinski definition) is 3. The van der Waals surface area contributed by atoms with Gasteiger partial charge in [-0.3, -0.25) is 4.98 Å². The van der Waals surface area contributed by atoms with Crippen molar-refractivity contribution in [3.63, 3.8) is 0 Å². The molecule has 18 heavy (non-hydrogen) atoms. The van der Waals surface area contributed by atoms with Crippen LogP contribution in [0.5, 0.6) is 0 Å². The number of pyridine rings is 1. The first-order chi connectivity index (χ1) is 8.76. The highest BCUT2D eigenvalue weighted by Gasteiger charge is 2.03. The van der Waals surface area contributed by atoms with Gasteiger partial charge in [0.2, 0.25) is 0 Å². The normalized spacial score (nSPS) is 11.4. The van der Waals surface area contributed by atoms with Crippen molar-refractivity contribution in [1.82, 2.24) is 15.2 Å². The lowest BCUT2D eigenvalue weighted by Crippen LogP contribution is -2.35. The third-order valence-corrected chi connectivity index (χ3v) is 3.39. The third-order valence-electron chi connectivity index (χ3n) is 3.39. The van der Waals surface area contributed by atoms with Gasteiger partial charge in [0.1, 0.15) is 0 Å². The van der Waals surface area contributed by atoms with Gasteiger partial charge in [0.15, 0.2) is 0 Å². The van der Waals surface area contributed by atoms with Crippen molar-refractivity contribution in [2.75, 3.05) is 26.7 Å². The van der Waals surface area contributed by atoms with Gasteiger partial charge in [0.25, 0.3) is 0 Å². The fourth-order valence-corrected chi connectivity index (χ4v) is 2.00. The molecule has 1 rings (SSSR count). The van der Waals surface area contributed by atoms with E-state index in [0.29, 0.717) is 6.04 Å². The van der Waals surface area contributed by atoms with Crippen LogP contribution in [0.15, 0.2) is 24.4 Å². The van der Waals surface area contributed by atoms with Crippen molar-refractivity contribution in [2.24, 2.45) is 0 Å². The van der Waals surface area contributed by atoms with Crippen LogP contribution in [0.25, 0.3) is 0 Å². The van der Waals surface area contributed by atoms with E-state index < -0.39 is 0 Å². The molecule has 3 heteroatoms. The molecule has 0 atom stereocenters. The Bertz CT molecular complexity index is 296. The first-order valence-electron chi connectivity index (χ1n) is 7.08. The van der Waals surface area contributed by atoms with Crippen LogP contribution in [0.4, 0.5) is 0 Å². The SMILES string of the molecule is CCC(CC)NCCN(C)CCc1ccccn1. The van der Waals surface area contributed by atoms with Gasteiger partial charge in [0.05, 0.1) is 0 Å². The van der Waals surface area contributed by atoms with Gasteiger partial charge in [-0.15, -0.1) is 0 Å². The molecule has 0 aromatic carbocycles.